The van der Waals surface area contributed by atoms with Crippen molar-refractivity contribution in [2.75, 3.05) is 13.2 Å². The third-order valence-corrected chi connectivity index (χ3v) is 2.52. The van der Waals surface area contributed by atoms with E-state index in [0.29, 0.717) is 6.42 Å². The van der Waals surface area contributed by atoms with Crippen LogP contribution in [0.2, 0.25) is 0 Å². The molecule has 0 heterocycles. The summed E-state index contributed by atoms with van der Waals surface area (Å²) in [5, 5.41) is 27.8. The quantitative estimate of drug-likeness (QED) is 0.575. The zero-order valence-electron chi connectivity index (χ0n) is 8.91. The number of benzene rings is 1. The Balaban J connectivity index is 0.00000225. The van der Waals surface area contributed by atoms with Gasteiger partial charge in [0.1, 0.15) is 0 Å². The molecule has 0 aliphatic carbocycles. The summed E-state index contributed by atoms with van der Waals surface area (Å²) in [7, 11) is 0. The number of rotatable bonds is 5. The number of nitrogens with two attached hydrogens (primary N) is 1. The van der Waals surface area contributed by atoms with Gasteiger partial charge in [-0.1, -0.05) is 30.3 Å². The van der Waals surface area contributed by atoms with Gasteiger partial charge in [-0.2, -0.15) is 0 Å². The van der Waals surface area contributed by atoms with Gasteiger partial charge in [-0.05, 0) is 5.56 Å². The van der Waals surface area contributed by atoms with Crippen LogP contribution in [0.25, 0.3) is 0 Å². The minimum atomic E-state index is -1.34. The van der Waals surface area contributed by atoms with E-state index in [0.717, 1.165) is 5.56 Å². The zero-order chi connectivity index (χ0) is 11.3. The standard InChI is InChI=1S/C11H17NO3.ClH/c12-11(7-13,8-14)10(15)6-9-4-2-1-3-5-9;/h1-5,10,13-15H,6-8,12H2;1H. The molecule has 4 nitrogen and oxygen atoms in total. The van der Waals surface area contributed by atoms with E-state index in [4.69, 9.17) is 15.9 Å². The summed E-state index contributed by atoms with van der Waals surface area (Å²) in [6.07, 6.45) is -0.645. The number of hydrogen-bond acceptors (Lipinski definition) is 4. The maximum Gasteiger partial charge on any atom is 0.0888 e. The van der Waals surface area contributed by atoms with Gasteiger partial charge in [0.15, 0.2) is 0 Å². The summed E-state index contributed by atoms with van der Waals surface area (Å²) in [5.41, 5.74) is 5.22. The smallest absolute Gasteiger partial charge is 0.0888 e. The Morgan fingerprint density at radius 2 is 1.62 bits per heavy atom. The van der Waals surface area contributed by atoms with Gasteiger partial charge in [0.25, 0.3) is 0 Å². The van der Waals surface area contributed by atoms with Crippen molar-refractivity contribution in [1.82, 2.24) is 0 Å². The summed E-state index contributed by atoms with van der Waals surface area (Å²) >= 11 is 0. The van der Waals surface area contributed by atoms with Crippen LogP contribution in [-0.4, -0.2) is 40.2 Å². The Hall–Kier alpha value is -0.650. The third-order valence-electron chi connectivity index (χ3n) is 2.52. The minimum Gasteiger partial charge on any atom is -0.394 e. The molecule has 0 fully saturated rings. The molecule has 1 unspecified atom stereocenters. The maximum atomic E-state index is 9.78. The first kappa shape index (κ1) is 15.3. The molecule has 0 radical (unpaired) electrons. The molecule has 0 amide bonds. The third kappa shape index (κ3) is 3.73. The highest BCUT2D eigenvalue weighted by Crippen LogP contribution is 2.12. The monoisotopic (exact) mass is 247 g/mol. The maximum absolute atomic E-state index is 9.78. The first-order valence-electron chi connectivity index (χ1n) is 4.85. The Bertz CT molecular complexity index is 291. The summed E-state index contributed by atoms with van der Waals surface area (Å²) in [6, 6.07) is 9.32. The van der Waals surface area contributed by atoms with Crippen molar-refractivity contribution in [2.45, 2.75) is 18.1 Å². The molecule has 0 spiro atoms. The summed E-state index contributed by atoms with van der Waals surface area (Å²) in [6.45, 7) is -0.894. The number of aliphatic hydroxyl groups excluding tert-OH is 3. The fraction of sp³-hybridized carbons (Fsp3) is 0.455. The Labute approximate surface area is 101 Å². The summed E-state index contributed by atoms with van der Waals surface area (Å²) in [4.78, 5) is 0. The van der Waals surface area contributed by atoms with Crippen molar-refractivity contribution in [3.63, 3.8) is 0 Å². The highest BCUT2D eigenvalue weighted by Gasteiger charge is 2.32. The molecule has 16 heavy (non-hydrogen) atoms. The lowest BCUT2D eigenvalue weighted by molar-refractivity contribution is 0.00832. The highest BCUT2D eigenvalue weighted by atomic mass is 35.5. The topological polar surface area (TPSA) is 86.7 Å². The van der Waals surface area contributed by atoms with Crippen molar-refractivity contribution in [3.8, 4) is 0 Å². The minimum absolute atomic E-state index is 0. The van der Waals surface area contributed by atoms with Crippen LogP contribution in [0.4, 0.5) is 0 Å². The number of aliphatic hydroxyl groups is 3. The van der Waals surface area contributed by atoms with Crippen molar-refractivity contribution in [2.24, 2.45) is 5.73 Å². The van der Waals surface area contributed by atoms with E-state index in [1.54, 1.807) is 0 Å². The average molecular weight is 248 g/mol. The molecule has 0 aliphatic heterocycles. The van der Waals surface area contributed by atoms with Gasteiger partial charge in [-0.3, -0.25) is 0 Å². The number of hydrogen-bond donors (Lipinski definition) is 4. The van der Waals surface area contributed by atoms with Crippen LogP contribution >= 0.6 is 12.4 Å². The average Bonchev–Trinajstić information content (AvgIpc) is 2.29. The molecule has 0 aromatic heterocycles. The lowest BCUT2D eigenvalue weighted by Gasteiger charge is -2.30. The summed E-state index contributed by atoms with van der Waals surface area (Å²) < 4.78 is 0. The molecule has 1 aromatic carbocycles. The molecule has 1 rings (SSSR count). The first-order chi connectivity index (χ1) is 7.12. The van der Waals surface area contributed by atoms with Crippen molar-refractivity contribution >= 4 is 12.4 Å². The van der Waals surface area contributed by atoms with Crippen LogP contribution in [0.5, 0.6) is 0 Å². The predicted molar refractivity (Wildman–Crippen MR) is 64.5 cm³/mol. The van der Waals surface area contributed by atoms with Crippen molar-refractivity contribution in [1.29, 1.82) is 0 Å². The first-order valence-corrected chi connectivity index (χ1v) is 4.85. The van der Waals surface area contributed by atoms with Gasteiger partial charge in [-0.15, -0.1) is 12.4 Å². The van der Waals surface area contributed by atoms with Crippen LogP contribution in [0.1, 0.15) is 5.56 Å². The molecule has 5 heteroatoms. The normalized spacial score (nSPS) is 13.0. The second-order valence-corrected chi connectivity index (χ2v) is 3.75. The van der Waals surface area contributed by atoms with Crippen LogP contribution in [0.3, 0.4) is 0 Å². The van der Waals surface area contributed by atoms with Gasteiger partial charge < -0.3 is 21.1 Å². The second kappa shape index (κ2) is 6.83. The Morgan fingerprint density at radius 3 is 2.06 bits per heavy atom. The van der Waals surface area contributed by atoms with Gasteiger partial charge in [0.2, 0.25) is 0 Å². The van der Waals surface area contributed by atoms with Crippen molar-refractivity contribution in [3.05, 3.63) is 35.9 Å². The SMILES string of the molecule is Cl.NC(CO)(CO)C(O)Cc1ccccc1. The fourth-order valence-corrected chi connectivity index (χ4v) is 1.30. The van der Waals surface area contributed by atoms with E-state index in [1.807, 2.05) is 30.3 Å². The second-order valence-electron chi connectivity index (χ2n) is 3.75. The largest absolute Gasteiger partial charge is 0.394 e. The van der Waals surface area contributed by atoms with E-state index in [-0.39, 0.29) is 12.4 Å². The van der Waals surface area contributed by atoms with Gasteiger partial charge in [0, 0.05) is 6.42 Å². The van der Waals surface area contributed by atoms with Crippen LogP contribution < -0.4 is 5.73 Å². The van der Waals surface area contributed by atoms with E-state index < -0.39 is 24.9 Å². The van der Waals surface area contributed by atoms with E-state index >= 15 is 0 Å². The molecule has 1 aromatic rings. The van der Waals surface area contributed by atoms with Gasteiger partial charge >= 0.3 is 0 Å². The van der Waals surface area contributed by atoms with E-state index in [1.165, 1.54) is 0 Å². The van der Waals surface area contributed by atoms with Crippen molar-refractivity contribution < 1.29 is 15.3 Å². The molecule has 1 atom stereocenters. The fourth-order valence-electron chi connectivity index (χ4n) is 1.30. The molecule has 0 bridgehead atoms. The number of halogens is 1. The van der Waals surface area contributed by atoms with E-state index in [9.17, 15) is 5.11 Å². The lowest BCUT2D eigenvalue weighted by atomic mass is 9.90. The molecular formula is C11H18ClNO3. The van der Waals surface area contributed by atoms with Crippen LogP contribution in [0.15, 0.2) is 30.3 Å². The highest BCUT2D eigenvalue weighted by molar-refractivity contribution is 5.85. The molecule has 5 N–H and O–H groups in total. The van der Waals surface area contributed by atoms with E-state index in [2.05, 4.69) is 0 Å². The van der Waals surface area contributed by atoms with Crippen LogP contribution in [-0.2, 0) is 6.42 Å². The molecule has 92 valence electrons. The molecule has 0 saturated carbocycles. The Kier molecular flexibility index (Phi) is 6.55. The van der Waals surface area contributed by atoms with Crippen LogP contribution in [0, 0.1) is 0 Å². The molecule has 0 saturated heterocycles. The zero-order valence-corrected chi connectivity index (χ0v) is 9.73. The molecule has 0 aliphatic rings. The predicted octanol–water partition coefficient (Wildman–Crippen LogP) is -0.306. The molecular weight excluding hydrogens is 230 g/mol. The lowest BCUT2D eigenvalue weighted by Crippen LogP contribution is -2.57. The summed E-state index contributed by atoms with van der Waals surface area (Å²) in [5.74, 6) is 0. The Morgan fingerprint density at radius 1 is 1.12 bits per heavy atom. The van der Waals surface area contributed by atoms with Gasteiger partial charge in [-0.25, -0.2) is 0 Å². The van der Waals surface area contributed by atoms with Gasteiger partial charge in [0.05, 0.1) is 24.9 Å².